The molecule has 3 aromatic heterocycles. The van der Waals surface area contributed by atoms with E-state index in [9.17, 15) is 0 Å². The maximum atomic E-state index is 5.82. The molecule has 0 aliphatic carbocycles. The number of benzene rings is 1. The van der Waals surface area contributed by atoms with E-state index in [1.807, 2.05) is 30.5 Å². The van der Waals surface area contributed by atoms with Crippen molar-refractivity contribution < 1.29 is 4.42 Å². The Bertz CT molecular complexity index is 1290. The van der Waals surface area contributed by atoms with E-state index in [2.05, 4.69) is 77.8 Å². The number of rotatable bonds is 5. The summed E-state index contributed by atoms with van der Waals surface area (Å²) < 4.78 is 8.04. The minimum absolute atomic E-state index is 0.0115. The van der Waals surface area contributed by atoms with Gasteiger partial charge in [0, 0.05) is 23.3 Å². The SMILES string of the molecule is Cc1ccc(C)c(-n2c(C)cc(C3C(c4ccccn4)NC(=S)N3Cc3ccco3)c2C)c1. The quantitative estimate of drug-likeness (QED) is 0.381. The van der Waals surface area contributed by atoms with Crippen LogP contribution in [0.15, 0.2) is 71.5 Å². The molecule has 1 saturated heterocycles. The van der Waals surface area contributed by atoms with Crippen LogP contribution in [-0.4, -0.2) is 19.6 Å². The summed E-state index contributed by atoms with van der Waals surface area (Å²) >= 11 is 5.82. The van der Waals surface area contributed by atoms with Crippen LogP contribution in [-0.2, 0) is 6.54 Å². The smallest absolute Gasteiger partial charge is 0.170 e. The van der Waals surface area contributed by atoms with E-state index in [0.717, 1.165) is 11.5 Å². The fourth-order valence-corrected chi connectivity index (χ4v) is 5.21. The predicted octanol–water partition coefficient (Wildman–Crippen LogP) is 5.87. The average molecular weight is 457 g/mol. The molecule has 6 heteroatoms. The molecule has 1 fully saturated rings. The summed E-state index contributed by atoms with van der Waals surface area (Å²) in [6.45, 7) is 9.27. The van der Waals surface area contributed by atoms with Gasteiger partial charge in [-0.05, 0) is 93.0 Å². The first-order valence-electron chi connectivity index (χ1n) is 11.2. The molecule has 1 aliphatic rings. The topological polar surface area (TPSA) is 46.2 Å². The van der Waals surface area contributed by atoms with Crippen LogP contribution in [0, 0.1) is 27.7 Å². The third-order valence-corrected chi connectivity index (χ3v) is 6.85. The van der Waals surface area contributed by atoms with Gasteiger partial charge in [0.2, 0.25) is 0 Å². The second kappa shape index (κ2) is 8.52. The van der Waals surface area contributed by atoms with E-state index in [1.165, 1.54) is 33.8 Å². The Morgan fingerprint density at radius 2 is 1.88 bits per heavy atom. The Morgan fingerprint density at radius 3 is 2.61 bits per heavy atom. The van der Waals surface area contributed by atoms with Crippen molar-refractivity contribution in [1.29, 1.82) is 0 Å². The average Bonchev–Trinajstić information content (AvgIpc) is 3.50. The van der Waals surface area contributed by atoms with Gasteiger partial charge < -0.3 is 19.2 Å². The molecule has 4 aromatic rings. The fraction of sp³-hybridized carbons (Fsp3) is 0.259. The molecule has 2 atom stereocenters. The summed E-state index contributed by atoms with van der Waals surface area (Å²) in [4.78, 5) is 6.89. The molecule has 33 heavy (non-hydrogen) atoms. The highest BCUT2D eigenvalue weighted by Gasteiger charge is 2.41. The van der Waals surface area contributed by atoms with Crippen LogP contribution < -0.4 is 5.32 Å². The van der Waals surface area contributed by atoms with E-state index in [1.54, 1.807) is 6.26 Å². The maximum Gasteiger partial charge on any atom is 0.170 e. The molecule has 0 saturated carbocycles. The predicted molar refractivity (Wildman–Crippen MR) is 134 cm³/mol. The van der Waals surface area contributed by atoms with Gasteiger partial charge in [-0.25, -0.2) is 0 Å². The molecule has 1 aromatic carbocycles. The van der Waals surface area contributed by atoms with Crippen molar-refractivity contribution in [2.24, 2.45) is 0 Å². The number of nitrogens with zero attached hydrogens (tertiary/aromatic N) is 3. The third kappa shape index (κ3) is 3.85. The lowest BCUT2D eigenvalue weighted by atomic mass is 9.96. The van der Waals surface area contributed by atoms with Gasteiger partial charge in [-0.3, -0.25) is 4.98 Å². The first-order chi connectivity index (χ1) is 15.9. The van der Waals surface area contributed by atoms with Crippen molar-refractivity contribution in [2.75, 3.05) is 0 Å². The molecule has 168 valence electrons. The van der Waals surface area contributed by atoms with E-state index < -0.39 is 0 Å². The van der Waals surface area contributed by atoms with Gasteiger partial charge in [0.25, 0.3) is 0 Å². The fourth-order valence-electron chi connectivity index (χ4n) is 4.90. The molecule has 0 spiro atoms. The summed E-state index contributed by atoms with van der Waals surface area (Å²) in [6, 6.07) is 18.8. The first-order valence-corrected chi connectivity index (χ1v) is 11.6. The van der Waals surface area contributed by atoms with Crippen molar-refractivity contribution in [1.82, 2.24) is 19.8 Å². The van der Waals surface area contributed by atoms with Crippen LogP contribution in [0.25, 0.3) is 5.69 Å². The highest BCUT2D eigenvalue weighted by atomic mass is 32.1. The largest absolute Gasteiger partial charge is 0.467 e. The van der Waals surface area contributed by atoms with Crippen molar-refractivity contribution >= 4 is 17.3 Å². The number of thiocarbonyl (C=S) groups is 1. The Kier molecular flexibility index (Phi) is 5.54. The molecule has 5 nitrogen and oxygen atoms in total. The van der Waals surface area contributed by atoms with Gasteiger partial charge in [-0.2, -0.15) is 0 Å². The highest BCUT2D eigenvalue weighted by molar-refractivity contribution is 7.80. The van der Waals surface area contributed by atoms with Crippen LogP contribution in [0.3, 0.4) is 0 Å². The van der Waals surface area contributed by atoms with Crippen LogP contribution in [0.5, 0.6) is 0 Å². The summed E-state index contributed by atoms with van der Waals surface area (Å²) in [7, 11) is 0. The van der Waals surface area contributed by atoms with E-state index >= 15 is 0 Å². The number of furan rings is 1. The second-order valence-corrected chi connectivity index (χ2v) is 9.17. The standard InChI is InChI=1S/C27H28N4OS/c1-17-10-11-18(2)24(14-17)31-19(3)15-22(20(31)4)26-25(23-9-5-6-12-28-23)29-27(33)30(26)16-21-8-7-13-32-21/h5-15,25-26H,16H2,1-4H3,(H,29,33). The normalized spacial score (nSPS) is 18.1. The Balaban J connectivity index is 1.65. The first kappa shape index (κ1) is 21.5. The van der Waals surface area contributed by atoms with Crippen molar-refractivity contribution in [3.63, 3.8) is 0 Å². The summed E-state index contributed by atoms with van der Waals surface area (Å²) in [5.74, 6) is 0.883. The van der Waals surface area contributed by atoms with Crippen LogP contribution in [0.2, 0.25) is 0 Å². The van der Waals surface area contributed by atoms with Crippen molar-refractivity contribution in [3.05, 3.63) is 107 Å². The zero-order chi connectivity index (χ0) is 23.1. The lowest BCUT2D eigenvalue weighted by Gasteiger charge is -2.27. The molecule has 0 bridgehead atoms. The molecule has 1 N–H and O–H groups in total. The van der Waals surface area contributed by atoms with Crippen molar-refractivity contribution in [3.8, 4) is 5.69 Å². The van der Waals surface area contributed by atoms with Gasteiger partial charge in [0.05, 0.1) is 30.6 Å². The van der Waals surface area contributed by atoms with Gasteiger partial charge in [-0.15, -0.1) is 0 Å². The number of aryl methyl sites for hydroxylation is 3. The van der Waals surface area contributed by atoms with E-state index in [4.69, 9.17) is 16.6 Å². The molecule has 0 amide bonds. The third-order valence-electron chi connectivity index (χ3n) is 6.50. The molecular formula is C27H28N4OS. The van der Waals surface area contributed by atoms with Crippen LogP contribution >= 0.6 is 12.2 Å². The number of pyridine rings is 1. The van der Waals surface area contributed by atoms with Gasteiger partial charge in [0.1, 0.15) is 5.76 Å². The number of hydrogen-bond acceptors (Lipinski definition) is 3. The lowest BCUT2D eigenvalue weighted by Crippen LogP contribution is -2.29. The number of aromatic nitrogens is 2. The minimum Gasteiger partial charge on any atom is -0.467 e. The van der Waals surface area contributed by atoms with Crippen LogP contribution in [0.4, 0.5) is 0 Å². The zero-order valence-corrected chi connectivity index (χ0v) is 20.2. The molecule has 4 heterocycles. The molecule has 0 radical (unpaired) electrons. The monoisotopic (exact) mass is 456 g/mol. The lowest BCUT2D eigenvalue weighted by molar-refractivity contribution is 0.286. The van der Waals surface area contributed by atoms with Crippen molar-refractivity contribution in [2.45, 2.75) is 46.3 Å². The molecule has 5 rings (SSSR count). The zero-order valence-electron chi connectivity index (χ0n) is 19.4. The van der Waals surface area contributed by atoms with E-state index in [0.29, 0.717) is 11.7 Å². The number of nitrogens with one attached hydrogen (secondary N) is 1. The van der Waals surface area contributed by atoms with Gasteiger partial charge >= 0.3 is 0 Å². The Hall–Kier alpha value is -3.38. The summed E-state index contributed by atoms with van der Waals surface area (Å²) in [6.07, 6.45) is 3.55. The van der Waals surface area contributed by atoms with Gasteiger partial charge in [-0.1, -0.05) is 18.2 Å². The molecular weight excluding hydrogens is 428 g/mol. The molecule has 2 unspecified atom stereocenters. The molecule has 1 aliphatic heterocycles. The highest BCUT2D eigenvalue weighted by Crippen LogP contribution is 2.42. The van der Waals surface area contributed by atoms with Crippen LogP contribution in [0.1, 0.15) is 51.6 Å². The maximum absolute atomic E-state index is 5.82. The number of hydrogen-bond donors (Lipinski definition) is 1. The Morgan fingerprint density at radius 1 is 1.03 bits per heavy atom. The second-order valence-electron chi connectivity index (χ2n) is 8.79. The summed E-state index contributed by atoms with van der Waals surface area (Å²) in [5, 5.41) is 4.25. The minimum atomic E-state index is -0.0544. The van der Waals surface area contributed by atoms with Gasteiger partial charge in [0.15, 0.2) is 5.11 Å². The van der Waals surface area contributed by atoms with E-state index in [-0.39, 0.29) is 12.1 Å². The Labute approximate surface area is 200 Å². The summed E-state index contributed by atoms with van der Waals surface area (Å²) in [5.41, 5.74) is 8.35.